The van der Waals surface area contributed by atoms with Crippen LogP contribution < -0.4 is 5.32 Å². The molecule has 7 heteroatoms. The summed E-state index contributed by atoms with van der Waals surface area (Å²) in [5.41, 5.74) is 4.11. The van der Waals surface area contributed by atoms with Crippen LogP contribution in [-0.4, -0.2) is 58.0 Å². The predicted molar refractivity (Wildman–Crippen MR) is 153 cm³/mol. The SMILES string of the molecule is C[C@H](NC(=O)C1CCCN(CC(c2ccccc2)N2CCCCC2)C1)c1cncn1Cc1ccc(C#N)cc1. The number of nitriles is 1. The van der Waals surface area contributed by atoms with E-state index in [1.54, 1.807) is 0 Å². The second-order valence-electron chi connectivity index (χ2n) is 11.1. The third-order valence-electron chi connectivity index (χ3n) is 8.31. The number of amides is 1. The zero-order valence-corrected chi connectivity index (χ0v) is 23.0. The Kier molecular flexibility index (Phi) is 9.08. The molecule has 1 N–H and O–H groups in total. The average Bonchev–Trinajstić information content (AvgIpc) is 3.45. The number of nitrogens with one attached hydrogen (secondary N) is 1. The first-order valence-electron chi connectivity index (χ1n) is 14.4. The van der Waals surface area contributed by atoms with Crippen LogP contribution in [0.1, 0.15) is 73.5 Å². The maximum atomic E-state index is 13.4. The first-order chi connectivity index (χ1) is 19.1. The van der Waals surface area contributed by atoms with Gasteiger partial charge in [-0.25, -0.2) is 4.98 Å². The van der Waals surface area contributed by atoms with E-state index in [4.69, 9.17) is 5.26 Å². The van der Waals surface area contributed by atoms with Gasteiger partial charge in [0.05, 0.1) is 41.8 Å². The molecule has 2 aliphatic rings. The van der Waals surface area contributed by atoms with Crippen molar-refractivity contribution in [2.45, 2.75) is 57.7 Å². The Bertz CT molecular complexity index is 1240. The maximum Gasteiger partial charge on any atom is 0.224 e. The highest BCUT2D eigenvalue weighted by Crippen LogP contribution is 2.28. The summed E-state index contributed by atoms with van der Waals surface area (Å²) in [6.07, 6.45) is 9.49. The van der Waals surface area contributed by atoms with Crippen LogP contribution in [0.25, 0.3) is 0 Å². The molecule has 0 radical (unpaired) electrons. The predicted octanol–water partition coefficient (Wildman–Crippen LogP) is 4.92. The van der Waals surface area contributed by atoms with Crippen molar-refractivity contribution >= 4 is 5.91 Å². The number of rotatable bonds is 9. The van der Waals surface area contributed by atoms with Crippen molar-refractivity contribution in [3.8, 4) is 6.07 Å². The van der Waals surface area contributed by atoms with Crippen LogP contribution in [0.15, 0.2) is 67.1 Å². The number of likely N-dealkylation sites (tertiary alicyclic amines) is 2. The zero-order chi connectivity index (χ0) is 27.0. The van der Waals surface area contributed by atoms with Gasteiger partial charge in [0, 0.05) is 25.7 Å². The molecule has 7 nitrogen and oxygen atoms in total. The quantitative estimate of drug-likeness (QED) is 0.430. The molecule has 2 unspecified atom stereocenters. The minimum Gasteiger partial charge on any atom is -0.348 e. The number of piperidine rings is 2. The standard InChI is InChI=1S/C32H40N6O/c1-25(30-20-34-24-38(30)21-27-14-12-26(19-33)13-15-27)35-32(39)29-11-8-16-36(22-29)23-31(28-9-4-2-5-10-28)37-17-6-3-7-18-37/h2,4-5,9-10,12-15,20,24-25,29,31H,3,6-8,11,16-18,21-23H2,1H3,(H,35,39)/t25-,29?,31?/m0/s1. The molecule has 1 aromatic heterocycles. The molecule has 2 aliphatic heterocycles. The largest absolute Gasteiger partial charge is 0.348 e. The van der Waals surface area contributed by atoms with Crippen molar-refractivity contribution in [3.05, 3.63) is 89.5 Å². The van der Waals surface area contributed by atoms with Crippen LogP contribution in [0, 0.1) is 17.2 Å². The molecule has 0 spiro atoms. The first-order valence-corrected chi connectivity index (χ1v) is 14.4. The van der Waals surface area contributed by atoms with E-state index in [9.17, 15) is 4.79 Å². The van der Waals surface area contributed by atoms with Crippen molar-refractivity contribution in [2.24, 2.45) is 5.92 Å². The normalized spacial score (nSPS) is 20.2. The van der Waals surface area contributed by atoms with Crippen LogP contribution in [0.3, 0.4) is 0 Å². The van der Waals surface area contributed by atoms with Gasteiger partial charge < -0.3 is 14.8 Å². The number of carbonyl (C=O) groups is 1. The Hall–Kier alpha value is -3.47. The summed E-state index contributed by atoms with van der Waals surface area (Å²) in [5, 5.41) is 12.3. The van der Waals surface area contributed by atoms with Crippen LogP contribution >= 0.6 is 0 Å². The highest BCUT2D eigenvalue weighted by atomic mass is 16.2. The Morgan fingerprint density at radius 2 is 1.82 bits per heavy atom. The molecule has 3 aromatic rings. The third-order valence-corrected chi connectivity index (χ3v) is 8.31. The summed E-state index contributed by atoms with van der Waals surface area (Å²) in [6.45, 7) is 7.83. The van der Waals surface area contributed by atoms with Crippen molar-refractivity contribution in [2.75, 3.05) is 32.7 Å². The molecule has 0 saturated carbocycles. The van der Waals surface area contributed by atoms with E-state index in [0.717, 1.165) is 56.8 Å². The number of aromatic nitrogens is 2. The van der Waals surface area contributed by atoms with E-state index < -0.39 is 0 Å². The molecule has 0 aliphatic carbocycles. The lowest BCUT2D eigenvalue weighted by atomic mass is 9.94. The zero-order valence-electron chi connectivity index (χ0n) is 23.0. The fourth-order valence-corrected chi connectivity index (χ4v) is 6.13. The molecule has 2 fully saturated rings. The highest BCUT2D eigenvalue weighted by molar-refractivity contribution is 5.79. The number of carbonyl (C=O) groups excluding carboxylic acids is 1. The number of nitrogens with zero attached hydrogens (tertiary/aromatic N) is 5. The molecular weight excluding hydrogens is 484 g/mol. The van der Waals surface area contributed by atoms with Crippen molar-refractivity contribution in [1.29, 1.82) is 5.26 Å². The molecule has 3 heterocycles. The Balaban J connectivity index is 1.20. The molecule has 204 valence electrons. The Labute approximate surface area is 232 Å². The summed E-state index contributed by atoms with van der Waals surface area (Å²) in [5.74, 6) is 0.126. The number of benzene rings is 2. The van der Waals surface area contributed by atoms with Crippen molar-refractivity contribution in [1.82, 2.24) is 24.7 Å². The molecular formula is C32H40N6O. The minimum absolute atomic E-state index is 0.00567. The van der Waals surface area contributed by atoms with Gasteiger partial charge in [-0.1, -0.05) is 48.9 Å². The van der Waals surface area contributed by atoms with Crippen LogP contribution in [0.4, 0.5) is 0 Å². The Morgan fingerprint density at radius 3 is 2.56 bits per heavy atom. The van der Waals surface area contributed by atoms with Gasteiger partial charge in [-0.05, 0) is 75.5 Å². The lowest BCUT2D eigenvalue weighted by molar-refractivity contribution is -0.127. The summed E-state index contributed by atoms with van der Waals surface area (Å²) in [7, 11) is 0. The number of hydrogen-bond donors (Lipinski definition) is 1. The van der Waals surface area contributed by atoms with Crippen LogP contribution in [-0.2, 0) is 11.3 Å². The maximum absolute atomic E-state index is 13.4. The van der Waals surface area contributed by atoms with E-state index >= 15 is 0 Å². The topological polar surface area (TPSA) is 77.2 Å². The fourth-order valence-electron chi connectivity index (χ4n) is 6.13. The van der Waals surface area contributed by atoms with Gasteiger partial charge in [-0.3, -0.25) is 9.69 Å². The van der Waals surface area contributed by atoms with Crippen molar-refractivity contribution < 1.29 is 4.79 Å². The van der Waals surface area contributed by atoms with Crippen molar-refractivity contribution in [3.63, 3.8) is 0 Å². The highest BCUT2D eigenvalue weighted by Gasteiger charge is 2.31. The van der Waals surface area contributed by atoms with Crippen LogP contribution in [0.2, 0.25) is 0 Å². The first kappa shape index (κ1) is 27.1. The fraction of sp³-hybridized carbons (Fsp3) is 0.469. The summed E-state index contributed by atoms with van der Waals surface area (Å²) >= 11 is 0. The monoisotopic (exact) mass is 524 g/mol. The van der Waals surface area contributed by atoms with E-state index in [1.165, 1.54) is 24.8 Å². The van der Waals surface area contributed by atoms with Crippen LogP contribution in [0.5, 0.6) is 0 Å². The number of imidazole rings is 1. The molecule has 2 saturated heterocycles. The summed E-state index contributed by atoms with van der Waals surface area (Å²) in [6, 6.07) is 20.9. The van der Waals surface area contributed by atoms with E-state index in [-0.39, 0.29) is 17.9 Å². The molecule has 39 heavy (non-hydrogen) atoms. The molecule has 1 amide bonds. The molecule has 5 rings (SSSR count). The third kappa shape index (κ3) is 6.95. The Morgan fingerprint density at radius 1 is 1.05 bits per heavy atom. The molecule has 3 atom stereocenters. The van der Waals surface area contributed by atoms with Gasteiger partial charge in [-0.2, -0.15) is 5.26 Å². The molecule has 2 aromatic carbocycles. The van der Waals surface area contributed by atoms with Gasteiger partial charge in [0.1, 0.15) is 0 Å². The average molecular weight is 525 g/mol. The van der Waals surface area contributed by atoms with E-state index in [0.29, 0.717) is 18.2 Å². The lowest BCUT2D eigenvalue weighted by Gasteiger charge is -2.40. The summed E-state index contributed by atoms with van der Waals surface area (Å²) < 4.78 is 2.07. The van der Waals surface area contributed by atoms with E-state index in [2.05, 4.69) is 61.1 Å². The van der Waals surface area contributed by atoms with Gasteiger partial charge in [0.2, 0.25) is 5.91 Å². The van der Waals surface area contributed by atoms with Gasteiger partial charge in [-0.15, -0.1) is 0 Å². The van der Waals surface area contributed by atoms with Gasteiger partial charge in [0.25, 0.3) is 0 Å². The smallest absolute Gasteiger partial charge is 0.224 e. The van der Waals surface area contributed by atoms with Gasteiger partial charge in [0.15, 0.2) is 0 Å². The van der Waals surface area contributed by atoms with Gasteiger partial charge >= 0.3 is 0 Å². The van der Waals surface area contributed by atoms with E-state index in [1.807, 2.05) is 43.7 Å². The second kappa shape index (κ2) is 13.1. The lowest BCUT2D eigenvalue weighted by Crippen LogP contribution is -2.47. The second-order valence-corrected chi connectivity index (χ2v) is 11.1. The minimum atomic E-state index is -0.140. The summed E-state index contributed by atoms with van der Waals surface area (Å²) in [4.78, 5) is 23.0. The number of hydrogen-bond acceptors (Lipinski definition) is 5. The molecule has 0 bridgehead atoms.